The van der Waals surface area contributed by atoms with E-state index < -0.39 is 11.9 Å². The molecule has 7 heteroatoms. The van der Waals surface area contributed by atoms with Gasteiger partial charge in [-0.3, -0.25) is 14.9 Å². The fourth-order valence-electron chi connectivity index (χ4n) is 1.79. The molecule has 1 rings (SSSR count). The molecular weight excluding hydrogens is 272 g/mol. The van der Waals surface area contributed by atoms with Crippen LogP contribution in [0.2, 0.25) is 0 Å². The number of nitrogens with two attached hydrogens (primary N) is 1. The zero-order chi connectivity index (χ0) is 15.8. The lowest BCUT2D eigenvalue weighted by Crippen LogP contribution is -2.36. The zero-order valence-electron chi connectivity index (χ0n) is 12.2. The maximum absolute atomic E-state index is 11.4. The molecule has 0 saturated carbocycles. The Morgan fingerprint density at radius 1 is 1.19 bits per heavy atom. The van der Waals surface area contributed by atoms with Crippen LogP contribution in [0.25, 0.3) is 0 Å². The highest BCUT2D eigenvalue weighted by atomic mass is 16.2. The van der Waals surface area contributed by atoms with Gasteiger partial charge in [-0.1, -0.05) is 12.1 Å². The van der Waals surface area contributed by atoms with E-state index >= 15 is 0 Å². The van der Waals surface area contributed by atoms with Crippen molar-refractivity contribution in [1.29, 1.82) is 0 Å². The predicted molar refractivity (Wildman–Crippen MR) is 78.5 cm³/mol. The van der Waals surface area contributed by atoms with Crippen molar-refractivity contribution in [1.82, 2.24) is 15.5 Å². The number of benzene rings is 1. The minimum Gasteiger partial charge on any atom is -0.355 e. The number of primary amides is 1. The lowest BCUT2D eigenvalue weighted by atomic mass is 10.1. The Hall–Kier alpha value is -2.41. The van der Waals surface area contributed by atoms with Crippen LogP contribution in [0, 0.1) is 0 Å². The molecule has 0 fully saturated rings. The number of amides is 4. The molecule has 0 heterocycles. The van der Waals surface area contributed by atoms with Crippen LogP contribution in [0.1, 0.15) is 22.3 Å². The first-order valence-electron chi connectivity index (χ1n) is 6.51. The summed E-state index contributed by atoms with van der Waals surface area (Å²) in [7, 11) is 3.45. The van der Waals surface area contributed by atoms with Crippen LogP contribution in [0.3, 0.4) is 0 Å². The summed E-state index contributed by atoms with van der Waals surface area (Å²) >= 11 is 0. The largest absolute Gasteiger partial charge is 0.355 e. The van der Waals surface area contributed by atoms with E-state index in [1.807, 2.05) is 29.4 Å². The molecule has 114 valence electrons. The van der Waals surface area contributed by atoms with Gasteiger partial charge >= 0.3 is 6.03 Å². The van der Waals surface area contributed by atoms with Crippen molar-refractivity contribution in [3.8, 4) is 0 Å². The van der Waals surface area contributed by atoms with Crippen molar-refractivity contribution in [3.05, 3.63) is 35.4 Å². The van der Waals surface area contributed by atoms with Crippen molar-refractivity contribution in [2.24, 2.45) is 5.73 Å². The van der Waals surface area contributed by atoms with Crippen LogP contribution in [-0.2, 0) is 11.3 Å². The molecule has 1 aromatic rings. The Labute approximate surface area is 123 Å². The first-order chi connectivity index (χ1) is 9.92. The second kappa shape index (κ2) is 8.01. The first kappa shape index (κ1) is 16.6. The molecule has 0 atom stereocenters. The summed E-state index contributed by atoms with van der Waals surface area (Å²) in [6.45, 7) is 1.13. The zero-order valence-corrected chi connectivity index (χ0v) is 12.2. The van der Waals surface area contributed by atoms with Crippen molar-refractivity contribution >= 4 is 17.8 Å². The summed E-state index contributed by atoms with van der Waals surface area (Å²) in [6, 6.07) is 6.39. The second-order valence-corrected chi connectivity index (χ2v) is 4.68. The quantitative estimate of drug-likeness (QED) is 0.689. The van der Waals surface area contributed by atoms with E-state index in [1.54, 1.807) is 19.2 Å². The Bertz CT molecular complexity index is 513. The third kappa shape index (κ3) is 6.05. The van der Waals surface area contributed by atoms with Crippen LogP contribution in [0.4, 0.5) is 4.79 Å². The van der Waals surface area contributed by atoms with E-state index in [9.17, 15) is 14.4 Å². The van der Waals surface area contributed by atoms with E-state index in [4.69, 9.17) is 5.73 Å². The van der Waals surface area contributed by atoms with Crippen LogP contribution in [0.5, 0.6) is 0 Å². The van der Waals surface area contributed by atoms with E-state index in [0.29, 0.717) is 18.7 Å². The Morgan fingerprint density at radius 3 is 2.33 bits per heavy atom. The normalized spacial score (nSPS) is 10.2. The number of hydrogen-bond donors (Lipinski definition) is 3. The molecule has 0 radical (unpaired) electrons. The van der Waals surface area contributed by atoms with Gasteiger partial charge in [-0.15, -0.1) is 0 Å². The van der Waals surface area contributed by atoms with Gasteiger partial charge in [0.1, 0.15) is 0 Å². The summed E-state index contributed by atoms with van der Waals surface area (Å²) in [4.78, 5) is 35.1. The molecular formula is C14H20N4O3. The number of carbonyl (C=O) groups is 3. The van der Waals surface area contributed by atoms with Crippen LogP contribution in [-0.4, -0.2) is 43.4 Å². The molecule has 4 amide bonds. The molecule has 0 unspecified atom stereocenters. The van der Waals surface area contributed by atoms with E-state index in [1.165, 1.54) is 0 Å². The monoisotopic (exact) mass is 292 g/mol. The van der Waals surface area contributed by atoms with Crippen molar-refractivity contribution in [2.45, 2.75) is 13.0 Å². The molecule has 0 aromatic heterocycles. The van der Waals surface area contributed by atoms with Gasteiger partial charge in [0.05, 0.1) is 0 Å². The number of urea groups is 1. The Balaban J connectivity index is 2.44. The number of carbonyl (C=O) groups excluding carboxylic acids is 3. The molecule has 7 nitrogen and oxygen atoms in total. The van der Waals surface area contributed by atoms with Crippen LogP contribution < -0.4 is 16.4 Å². The fraction of sp³-hybridized carbons (Fsp3) is 0.357. The lowest BCUT2D eigenvalue weighted by molar-refractivity contribution is -0.120. The Kier molecular flexibility index (Phi) is 6.35. The molecule has 1 aromatic carbocycles. The molecule has 21 heavy (non-hydrogen) atoms. The maximum Gasteiger partial charge on any atom is 0.318 e. The molecule has 4 N–H and O–H groups in total. The minimum atomic E-state index is -0.840. The third-order valence-corrected chi connectivity index (χ3v) is 2.88. The maximum atomic E-state index is 11.4. The summed E-state index contributed by atoms with van der Waals surface area (Å²) < 4.78 is 0. The third-order valence-electron chi connectivity index (χ3n) is 2.88. The Morgan fingerprint density at radius 2 is 1.81 bits per heavy atom. The van der Waals surface area contributed by atoms with E-state index in [2.05, 4.69) is 5.32 Å². The van der Waals surface area contributed by atoms with Gasteiger partial charge in [0, 0.05) is 32.1 Å². The van der Waals surface area contributed by atoms with Gasteiger partial charge in [0.2, 0.25) is 5.91 Å². The van der Waals surface area contributed by atoms with Gasteiger partial charge in [-0.2, -0.15) is 0 Å². The molecule has 0 aliphatic heterocycles. The van der Waals surface area contributed by atoms with Gasteiger partial charge in [-0.05, 0) is 24.7 Å². The number of nitrogens with zero attached hydrogens (tertiary/aromatic N) is 1. The predicted octanol–water partition coefficient (Wildman–Crippen LogP) is 0.0630. The number of nitrogens with one attached hydrogen (secondary N) is 2. The number of rotatable bonds is 6. The molecule has 0 aliphatic rings. The van der Waals surface area contributed by atoms with Crippen molar-refractivity contribution < 1.29 is 14.4 Å². The summed E-state index contributed by atoms with van der Waals surface area (Å²) in [5.41, 5.74) is 6.49. The molecule has 0 spiro atoms. The number of hydrogen-bond acceptors (Lipinski definition) is 4. The highest BCUT2D eigenvalue weighted by molar-refractivity contribution is 5.94. The average Bonchev–Trinajstić information content (AvgIpc) is 2.44. The average molecular weight is 292 g/mol. The molecule has 0 bridgehead atoms. The van der Waals surface area contributed by atoms with Gasteiger partial charge in [0.15, 0.2) is 0 Å². The second-order valence-electron chi connectivity index (χ2n) is 4.68. The fourth-order valence-corrected chi connectivity index (χ4v) is 1.79. The SMILES string of the molecule is CNC(=O)c1ccc(CN(C)CCC(=O)NC(N)=O)cc1. The van der Waals surface area contributed by atoms with E-state index in [-0.39, 0.29) is 12.3 Å². The molecule has 0 aliphatic carbocycles. The smallest absolute Gasteiger partial charge is 0.318 e. The first-order valence-corrected chi connectivity index (χ1v) is 6.51. The highest BCUT2D eigenvalue weighted by Crippen LogP contribution is 2.07. The van der Waals surface area contributed by atoms with Gasteiger partial charge in [-0.25, -0.2) is 4.79 Å². The molecule has 0 saturated heterocycles. The van der Waals surface area contributed by atoms with Crippen molar-refractivity contribution in [3.63, 3.8) is 0 Å². The number of imide groups is 1. The topological polar surface area (TPSA) is 105 Å². The van der Waals surface area contributed by atoms with Gasteiger partial charge < -0.3 is 16.0 Å². The summed E-state index contributed by atoms with van der Waals surface area (Å²) in [6.07, 6.45) is 0.190. The standard InChI is InChI=1S/C14H20N4O3/c1-16-13(20)11-5-3-10(4-6-11)9-18(2)8-7-12(19)17-14(15)21/h3-6H,7-9H2,1-2H3,(H,16,20)(H3,15,17,19,21). The lowest BCUT2D eigenvalue weighted by Gasteiger charge is -2.16. The summed E-state index contributed by atoms with van der Waals surface area (Å²) in [5, 5.41) is 4.58. The van der Waals surface area contributed by atoms with Gasteiger partial charge in [0.25, 0.3) is 5.91 Å². The van der Waals surface area contributed by atoms with Crippen LogP contribution in [0.15, 0.2) is 24.3 Å². The highest BCUT2D eigenvalue weighted by Gasteiger charge is 2.08. The van der Waals surface area contributed by atoms with E-state index in [0.717, 1.165) is 5.56 Å². The summed E-state index contributed by atoms with van der Waals surface area (Å²) in [5.74, 6) is -0.526. The van der Waals surface area contributed by atoms with Crippen molar-refractivity contribution in [2.75, 3.05) is 20.6 Å². The van der Waals surface area contributed by atoms with Crippen LogP contribution >= 0.6 is 0 Å². The minimum absolute atomic E-state index is 0.127.